The minimum absolute atomic E-state index is 0.168. The third-order valence-corrected chi connectivity index (χ3v) is 7.68. The van der Waals surface area contributed by atoms with Gasteiger partial charge in [0.2, 0.25) is 10.0 Å². The quantitative estimate of drug-likeness (QED) is 0.437. The number of amides is 1. The van der Waals surface area contributed by atoms with Crippen LogP contribution in [0.25, 0.3) is 0 Å². The van der Waals surface area contributed by atoms with Crippen molar-refractivity contribution in [1.82, 2.24) is 14.6 Å². The predicted molar refractivity (Wildman–Crippen MR) is 124 cm³/mol. The molecule has 1 N–H and O–H groups in total. The Morgan fingerprint density at radius 3 is 2.33 bits per heavy atom. The summed E-state index contributed by atoms with van der Waals surface area (Å²) in [4.78, 5) is 14.4. The molecule has 2 aromatic carbocycles. The lowest BCUT2D eigenvalue weighted by atomic mass is 10.1. The lowest BCUT2D eigenvalue weighted by Gasteiger charge is -2.33. The van der Waals surface area contributed by atoms with Gasteiger partial charge in [-0.1, -0.05) is 44.0 Å². The minimum Gasteiger partial charge on any atom is -0.292 e. The smallest absolute Gasteiger partial charge is 0.254 e. The van der Waals surface area contributed by atoms with Crippen LogP contribution in [0.5, 0.6) is 0 Å². The fourth-order valence-corrected chi connectivity index (χ4v) is 5.13. The zero-order chi connectivity index (χ0) is 21.7. The maximum atomic E-state index is 12.8. The zero-order valence-electron chi connectivity index (χ0n) is 16.4. The lowest BCUT2D eigenvalue weighted by molar-refractivity contribution is -0.122. The van der Waals surface area contributed by atoms with Crippen molar-refractivity contribution < 1.29 is 13.2 Å². The predicted octanol–water partition coefficient (Wildman–Crippen LogP) is 3.06. The standard InChI is InChI=1S/C20H22Br2N4O3S/c1-15(16-3-2-4-18(22)13-16)23-24-20(27)14-25-9-11-26(12-10-25)30(28,29)19-7-5-17(21)6-8-19/h2-8,13H,9-12,14H2,1H3,(H,24,27)/b23-15+. The highest BCUT2D eigenvalue weighted by atomic mass is 79.9. The maximum Gasteiger partial charge on any atom is 0.254 e. The number of rotatable bonds is 6. The van der Waals surface area contributed by atoms with E-state index < -0.39 is 10.0 Å². The van der Waals surface area contributed by atoms with E-state index in [-0.39, 0.29) is 17.3 Å². The molecule has 0 bridgehead atoms. The fraction of sp³-hybridized carbons (Fsp3) is 0.300. The van der Waals surface area contributed by atoms with E-state index in [9.17, 15) is 13.2 Å². The summed E-state index contributed by atoms with van der Waals surface area (Å²) in [7, 11) is -3.53. The van der Waals surface area contributed by atoms with Gasteiger partial charge in [-0.25, -0.2) is 13.8 Å². The summed E-state index contributed by atoms with van der Waals surface area (Å²) in [6.45, 7) is 3.64. The first-order valence-electron chi connectivity index (χ1n) is 9.33. The normalized spacial score (nSPS) is 16.4. The largest absolute Gasteiger partial charge is 0.292 e. The van der Waals surface area contributed by atoms with Crippen LogP contribution < -0.4 is 5.43 Å². The van der Waals surface area contributed by atoms with Gasteiger partial charge in [-0.05, 0) is 48.9 Å². The highest BCUT2D eigenvalue weighted by Gasteiger charge is 2.29. The number of hydrazone groups is 1. The van der Waals surface area contributed by atoms with Crippen LogP contribution in [-0.4, -0.2) is 62.0 Å². The Hall–Kier alpha value is -1.59. The fourth-order valence-electron chi connectivity index (χ4n) is 3.05. The van der Waals surface area contributed by atoms with Crippen molar-refractivity contribution in [3.8, 4) is 0 Å². The van der Waals surface area contributed by atoms with Crippen molar-refractivity contribution >= 4 is 53.5 Å². The second-order valence-electron chi connectivity index (χ2n) is 6.88. The van der Waals surface area contributed by atoms with Crippen molar-refractivity contribution in [1.29, 1.82) is 0 Å². The van der Waals surface area contributed by atoms with Crippen LogP contribution in [0, 0.1) is 0 Å². The first-order chi connectivity index (χ1) is 14.3. The molecule has 1 heterocycles. The van der Waals surface area contributed by atoms with Gasteiger partial charge in [0.05, 0.1) is 17.2 Å². The van der Waals surface area contributed by atoms with Gasteiger partial charge in [0.15, 0.2) is 0 Å². The summed E-state index contributed by atoms with van der Waals surface area (Å²) in [6.07, 6.45) is 0. The summed E-state index contributed by atoms with van der Waals surface area (Å²) < 4.78 is 28.7. The van der Waals surface area contributed by atoms with Crippen molar-refractivity contribution in [2.75, 3.05) is 32.7 Å². The number of benzene rings is 2. The number of hydrogen-bond donors (Lipinski definition) is 1. The van der Waals surface area contributed by atoms with Gasteiger partial charge in [-0.15, -0.1) is 0 Å². The number of hydrogen-bond acceptors (Lipinski definition) is 5. The first kappa shape index (κ1) is 23.1. The summed E-state index contributed by atoms with van der Waals surface area (Å²) in [5.74, 6) is -0.228. The van der Waals surface area contributed by atoms with Gasteiger partial charge in [0.25, 0.3) is 5.91 Å². The highest BCUT2D eigenvalue weighted by molar-refractivity contribution is 9.10. The van der Waals surface area contributed by atoms with Gasteiger partial charge in [-0.3, -0.25) is 9.69 Å². The molecule has 1 fully saturated rings. The third kappa shape index (κ3) is 5.98. The molecule has 0 radical (unpaired) electrons. The SMILES string of the molecule is C/C(=N\NC(=O)CN1CCN(S(=O)(=O)c2ccc(Br)cc2)CC1)c1cccc(Br)c1. The Bertz CT molecular complexity index is 1030. The third-order valence-electron chi connectivity index (χ3n) is 4.74. The molecule has 7 nitrogen and oxygen atoms in total. The number of piperazine rings is 1. The van der Waals surface area contributed by atoms with Gasteiger partial charge >= 0.3 is 0 Å². The van der Waals surface area contributed by atoms with E-state index in [1.807, 2.05) is 36.1 Å². The van der Waals surface area contributed by atoms with Gasteiger partial charge in [-0.2, -0.15) is 9.41 Å². The van der Waals surface area contributed by atoms with Crippen LogP contribution in [-0.2, 0) is 14.8 Å². The average Bonchev–Trinajstić information content (AvgIpc) is 2.73. The molecular formula is C20H22Br2N4O3S. The van der Waals surface area contributed by atoms with E-state index in [0.29, 0.717) is 31.9 Å². The molecule has 0 saturated carbocycles. The van der Waals surface area contributed by atoms with Gasteiger partial charge in [0, 0.05) is 35.1 Å². The molecule has 160 valence electrons. The van der Waals surface area contributed by atoms with Crippen molar-refractivity contribution in [3.63, 3.8) is 0 Å². The number of halogens is 2. The molecule has 2 aromatic rings. The number of nitrogens with zero attached hydrogens (tertiary/aromatic N) is 3. The van der Waals surface area contributed by atoms with Crippen LogP contribution in [0.1, 0.15) is 12.5 Å². The summed E-state index contributed by atoms with van der Waals surface area (Å²) >= 11 is 6.73. The van der Waals surface area contributed by atoms with E-state index in [1.165, 1.54) is 4.31 Å². The molecular weight excluding hydrogens is 536 g/mol. The Balaban J connectivity index is 1.51. The van der Waals surface area contributed by atoms with Crippen molar-refractivity contribution in [2.24, 2.45) is 5.10 Å². The molecule has 0 spiro atoms. The Labute approximate surface area is 193 Å². The van der Waals surface area contributed by atoms with Crippen LogP contribution in [0.2, 0.25) is 0 Å². The van der Waals surface area contributed by atoms with Gasteiger partial charge < -0.3 is 0 Å². The molecule has 1 aliphatic rings. The number of nitrogens with one attached hydrogen (secondary N) is 1. The molecule has 0 aromatic heterocycles. The summed E-state index contributed by atoms with van der Waals surface area (Å²) in [5, 5.41) is 4.16. The molecule has 3 rings (SSSR count). The topological polar surface area (TPSA) is 82.1 Å². The Morgan fingerprint density at radius 1 is 1.03 bits per heavy atom. The monoisotopic (exact) mass is 556 g/mol. The van der Waals surface area contributed by atoms with Crippen LogP contribution in [0.3, 0.4) is 0 Å². The van der Waals surface area contributed by atoms with Crippen LogP contribution in [0.4, 0.5) is 0 Å². The van der Waals surface area contributed by atoms with Crippen LogP contribution in [0.15, 0.2) is 67.5 Å². The van der Waals surface area contributed by atoms with E-state index in [0.717, 1.165) is 14.5 Å². The second-order valence-corrected chi connectivity index (χ2v) is 10.6. The lowest BCUT2D eigenvalue weighted by Crippen LogP contribution is -2.50. The molecule has 1 saturated heterocycles. The van der Waals surface area contributed by atoms with Gasteiger partial charge in [0.1, 0.15) is 0 Å². The molecule has 0 atom stereocenters. The zero-order valence-corrected chi connectivity index (χ0v) is 20.4. The molecule has 30 heavy (non-hydrogen) atoms. The molecule has 1 aliphatic heterocycles. The molecule has 0 unspecified atom stereocenters. The minimum atomic E-state index is -3.53. The maximum absolute atomic E-state index is 12.8. The number of sulfonamides is 1. The number of carbonyl (C=O) groups excluding carboxylic acids is 1. The average molecular weight is 558 g/mol. The molecule has 0 aliphatic carbocycles. The number of carbonyl (C=O) groups is 1. The second kappa shape index (κ2) is 10.1. The van der Waals surface area contributed by atoms with E-state index in [4.69, 9.17) is 0 Å². The summed E-state index contributed by atoms with van der Waals surface area (Å²) in [6, 6.07) is 14.3. The van der Waals surface area contributed by atoms with Crippen LogP contribution >= 0.6 is 31.9 Å². The summed E-state index contributed by atoms with van der Waals surface area (Å²) in [5.41, 5.74) is 4.19. The van der Waals surface area contributed by atoms with Crippen molar-refractivity contribution in [3.05, 3.63) is 63.0 Å². The highest BCUT2D eigenvalue weighted by Crippen LogP contribution is 2.20. The first-order valence-corrected chi connectivity index (χ1v) is 12.4. The van der Waals surface area contributed by atoms with E-state index in [2.05, 4.69) is 42.4 Å². The van der Waals surface area contributed by atoms with E-state index >= 15 is 0 Å². The molecule has 1 amide bonds. The Morgan fingerprint density at radius 2 is 1.70 bits per heavy atom. The van der Waals surface area contributed by atoms with E-state index in [1.54, 1.807) is 24.3 Å². The molecule has 10 heteroatoms. The Kier molecular flexibility index (Phi) is 7.81. The van der Waals surface area contributed by atoms with Crippen molar-refractivity contribution in [2.45, 2.75) is 11.8 Å².